The molecule has 0 unspecified atom stereocenters. The Balaban J connectivity index is 1.75. The molecule has 0 amide bonds. The maximum atomic E-state index is 2.59. The Bertz CT molecular complexity index is 472. The third-order valence-corrected chi connectivity index (χ3v) is 6.36. The summed E-state index contributed by atoms with van der Waals surface area (Å²) < 4.78 is 0. The summed E-state index contributed by atoms with van der Waals surface area (Å²) in [6.07, 6.45) is 9.57. The van der Waals surface area contributed by atoms with Crippen LogP contribution in [0, 0.1) is 17.3 Å². The van der Waals surface area contributed by atoms with Gasteiger partial charge in [-0.15, -0.1) is 11.8 Å². The number of allylic oxidation sites excluding steroid dienone is 2. The van der Waals surface area contributed by atoms with Gasteiger partial charge in [0.2, 0.25) is 0 Å². The first-order valence-electron chi connectivity index (χ1n) is 8.04. The van der Waals surface area contributed by atoms with E-state index in [1.54, 1.807) is 5.57 Å². The number of thioether (sulfide) groups is 1. The van der Waals surface area contributed by atoms with Crippen molar-refractivity contribution < 1.29 is 0 Å². The predicted molar refractivity (Wildman–Crippen MR) is 89.1 cm³/mol. The second-order valence-electron chi connectivity index (χ2n) is 7.04. The van der Waals surface area contributed by atoms with E-state index in [0.29, 0.717) is 5.41 Å². The van der Waals surface area contributed by atoms with E-state index >= 15 is 0 Å². The molecule has 0 spiro atoms. The Kier molecular flexibility index (Phi) is 4.26. The minimum Gasteiger partial charge on any atom is -0.126 e. The van der Waals surface area contributed by atoms with Crippen LogP contribution in [0.1, 0.15) is 46.0 Å². The summed E-state index contributed by atoms with van der Waals surface area (Å²) in [5.41, 5.74) is 2.28. The number of benzene rings is 1. The van der Waals surface area contributed by atoms with E-state index in [9.17, 15) is 0 Å². The van der Waals surface area contributed by atoms with E-state index in [1.165, 1.54) is 42.8 Å². The second-order valence-corrected chi connectivity index (χ2v) is 8.13. The molecule has 1 fully saturated rings. The topological polar surface area (TPSA) is 0 Å². The highest BCUT2D eigenvalue weighted by atomic mass is 32.2. The standard InChI is InChI=1S/C19H26S/c1-19(2)13-12-15-8-6-7-11-17(15)18(19)14-20-16-9-4-3-5-10-16/h3-5,9-11,15,18H,6-8,12-14H2,1-2H3/t15-,18-/m1/s1. The van der Waals surface area contributed by atoms with Crippen molar-refractivity contribution in [3.63, 3.8) is 0 Å². The second kappa shape index (κ2) is 5.97. The molecule has 0 saturated heterocycles. The quantitative estimate of drug-likeness (QED) is 0.489. The molecule has 0 bridgehead atoms. The van der Waals surface area contributed by atoms with Gasteiger partial charge in [0.15, 0.2) is 0 Å². The van der Waals surface area contributed by atoms with Crippen LogP contribution in [0.3, 0.4) is 0 Å². The first-order chi connectivity index (χ1) is 9.67. The summed E-state index contributed by atoms with van der Waals surface area (Å²) in [5.74, 6) is 2.92. The summed E-state index contributed by atoms with van der Waals surface area (Å²) in [5, 5.41) is 0. The third kappa shape index (κ3) is 2.98. The predicted octanol–water partition coefficient (Wildman–Crippen LogP) is 5.94. The zero-order valence-electron chi connectivity index (χ0n) is 12.8. The Labute approximate surface area is 128 Å². The van der Waals surface area contributed by atoms with Gasteiger partial charge in [-0.3, -0.25) is 0 Å². The van der Waals surface area contributed by atoms with E-state index in [1.807, 2.05) is 11.8 Å². The first kappa shape index (κ1) is 14.3. The fourth-order valence-electron chi connectivity index (χ4n) is 3.89. The molecule has 1 heteroatoms. The van der Waals surface area contributed by atoms with Gasteiger partial charge in [0.1, 0.15) is 0 Å². The van der Waals surface area contributed by atoms with Crippen LogP contribution in [-0.2, 0) is 0 Å². The molecule has 0 aromatic heterocycles. The van der Waals surface area contributed by atoms with E-state index in [0.717, 1.165) is 11.8 Å². The van der Waals surface area contributed by atoms with Crippen LogP contribution in [0.4, 0.5) is 0 Å². The van der Waals surface area contributed by atoms with Gasteiger partial charge in [0.05, 0.1) is 0 Å². The van der Waals surface area contributed by atoms with Gasteiger partial charge in [-0.1, -0.05) is 43.7 Å². The smallest absolute Gasteiger partial charge is 0.00721 e. The van der Waals surface area contributed by atoms with E-state index in [-0.39, 0.29) is 0 Å². The zero-order valence-corrected chi connectivity index (χ0v) is 13.6. The summed E-state index contributed by atoms with van der Waals surface area (Å²) in [6, 6.07) is 10.9. The van der Waals surface area contributed by atoms with Crippen molar-refractivity contribution >= 4 is 11.8 Å². The van der Waals surface area contributed by atoms with E-state index < -0.39 is 0 Å². The summed E-state index contributed by atoms with van der Waals surface area (Å²) in [4.78, 5) is 1.42. The highest BCUT2D eigenvalue weighted by Crippen LogP contribution is 2.50. The largest absolute Gasteiger partial charge is 0.126 e. The maximum Gasteiger partial charge on any atom is 0.00721 e. The van der Waals surface area contributed by atoms with Crippen molar-refractivity contribution in [2.75, 3.05) is 5.75 Å². The van der Waals surface area contributed by atoms with Crippen LogP contribution in [0.5, 0.6) is 0 Å². The molecule has 108 valence electrons. The Morgan fingerprint density at radius 3 is 2.75 bits per heavy atom. The van der Waals surface area contributed by atoms with Crippen molar-refractivity contribution in [2.45, 2.75) is 50.8 Å². The van der Waals surface area contributed by atoms with Crippen LogP contribution < -0.4 is 0 Å². The van der Waals surface area contributed by atoms with Gasteiger partial charge >= 0.3 is 0 Å². The summed E-state index contributed by atoms with van der Waals surface area (Å²) in [7, 11) is 0. The van der Waals surface area contributed by atoms with Crippen LogP contribution in [0.25, 0.3) is 0 Å². The molecule has 0 heterocycles. The van der Waals surface area contributed by atoms with Gasteiger partial charge < -0.3 is 0 Å². The SMILES string of the molecule is CC1(C)CC[C@H]2CCCC=C2[C@H]1CSc1ccccc1. The van der Waals surface area contributed by atoms with Crippen LogP contribution >= 0.6 is 11.8 Å². The molecule has 2 atom stereocenters. The molecule has 0 aliphatic heterocycles. The molecule has 1 saturated carbocycles. The van der Waals surface area contributed by atoms with E-state index in [2.05, 4.69) is 50.3 Å². The number of rotatable bonds is 3. The van der Waals surface area contributed by atoms with Gasteiger partial charge in [-0.05, 0) is 61.5 Å². The summed E-state index contributed by atoms with van der Waals surface area (Å²) in [6.45, 7) is 4.96. The fraction of sp³-hybridized carbons (Fsp3) is 0.579. The number of fused-ring (bicyclic) bond motifs is 1. The molecule has 2 aliphatic carbocycles. The van der Waals surface area contributed by atoms with Crippen molar-refractivity contribution in [1.29, 1.82) is 0 Å². The highest BCUT2D eigenvalue weighted by Gasteiger charge is 2.40. The van der Waals surface area contributed by atoms with Crippen LogP contribution in [0.15, 0.2) is 46.9 Å². The highest BCUT2D eigenvalue weighted by molar-refractivity contribution is 7.99. The Morgan fingerprint density at radius 1 is 1.15 bits per heavy atom. The lowest BCUT2D eigenvalue weighted by molar-refractivity contribution is 0.166. The number of hydrogen-bond donors (Lipinski definition) is 0. The lowest BCUT2D eigenvalue weighted by Gasteiger charge is -2.46. The minimum atomic E-state index is 0.474. The average Bonchev–Trinajstić information content (AvgIpc) is 2.47. The van der Waals surface area contributed by atoms with Crippen molar-refractivity contribution in [3.8, 4) is 0 Å². The summed E-state index contributed by atoms with van der Waals surface area (Å²) >= 11 is 2.04. The fourth-order valence-corrected chi connectivity index (χ4v) is 5.25. The first-order valence-corrected chi connectivity index (χ1v) is 9.03. The van der Waals surface area contributed by atoms with Gasteiger partial charge in [-0.25, -0.2) is 0 Å². The van der Waals surface area contributed by atoms with Crippen molar-refractivity contribution in [3.05, 3.63) is 42.0 Å². The zero-order chi connectivity index (χ0) is 14.0. The van der Waals surface area contributed by atoms with Crippen molar-refractivity contribution in [2.24, 2.45) is 17.3 Å². The average molecular weight is 286 g/mol. The molecule has 3 rings (SSSR count). The Hall–Kier alpha value is -0.690. The maximum absolute atomic E-state index is 2.59. The van der Waals surface area contributed by atoms with Crippen LogP contribution in [0.2, 0.25) is 0 Å². The molecule has 1 aromatic carbocycles. The van der Waals surface area contributed by atoms with Gasteiger partial charge in [0, 0.05) is 10.6 Å². The molecule has 2 aliphatic rings. The van der Waals surface area contributed by atoms with Gasteiger partial charge in [0.25, 0.3) is 0 Å². The molecule has 20 heavy (non-hydrogen) atoms. The molecule has 1 aromatic rings. The lowest BCUT2D eigenvalue weighted by Crippen LogP contribution is -2.36. The monoisotopic (exact) mass is 286 g/mol. The van der Waals surface area contributed by atoms with Gasteiger partial charge in [-0.2, -0.15) is 0 Å². The Morgan fingerprint density at radius 2 is 1.95 bits per heavy atom. The van der Waals surface area contributed by atoms with Crippen molar-refractivity contribution in [1.82, 2.24) is 0 Å². The van der Waals surface area contributed by atoms with E-state index in [4.69, 9.17) is 0 Å². The molecule has 0 nitrogen and oxygen atoms in total. The number of hydrogen-bond acceptors (Lipinski definition) is 1. The molecule has 0 radical (unpaired) electrons. The molecular weight excluding hydrogens is 260 g/mol. The third-order valence-electron chi connectivity index (χ3n) is 5.25. The molecular formula is C19H26S. The lowest BCUT2D eigenvalue weighted by atomic mass is 9.61. The normalized spacial score (nSPS) is 28.6. The molecule has 0 N–H and O–H groups in total. The minimum absolute atomic E-state index is 0.474. The van der Waals surface area contributed by atoms with Crippen LogP contribution in [-0.4, -0.2) is 5.75 Å².